The van der Waals surface area contributed by atoms with Gasteiger partial charge in [-0.25, -0.2) is 0 Å². The third-order valence-electron chi connectivity index (χ3n) is 5.12. The monoisotopic (exact) mass is 690 g/mol. The van der Waals surface area contributed by atoms with E-state index in [1.165, 1.54) is 0 Å². The fraction of sp³-hybridized carbons (Fsp3) is 0.364. The number of hydrogen-bond donors (Lipinski definition) is 0. The molecule has 0 aliphatic heterocycles. The van der Waals surface area contributed by atoms with Gasteiger partial charge in [-0.1, -0.05) is 0 Å². The molecule has 0 heterocycles. The summed E-state index contributed by atoms with van der Waals surface area (Å²) in [6.45, 7) is 8.21. The van der Waals surface area contributed by atoms with E-state index in [0.29, 0.717) is 11.1 Å². The fourth-order valence-corrected chi connectivity index (χ4v) is 28.5. The molecule has 0 bridgehead atoms. The zero-order valence-electron chi connectivity index (χ0n) is 17.3. The molecule has 4 nitrogen and oxygen atoms in total. The van der Waals surface area contributed by atoms with E-state index >= 15 is 0 Å². The van der Waals surface area contributed by atoms with Crippen LogP contribution in [0.2, 0.25) is 0 Å². The Hall–Kier alpha value is -0.790. The molecule has 2 aromatic carbocycles. The SMILES string of the molecule is CCC(C)[N](C(=O)c1ccccc1)[Hf]([Br])([Br])[N](C(=O)c1ccccc1)C(C)CC. The van der Waals surface area contributed by atoms with Crippen molar-refractivity contribution in [2.24, 2.45) is 0 Å². The van der Waals surface area contributed by atoms with Crippen LogP contribution < -0.4 is 0 Å². The molecule has 0 spiro atoms. The van der Waals surface area contributed by atoms with E-state index in [0.717, 1.165) is 12.8 Å². The molecule has 2 aromatic rings. The van der Waals surface area contributed by atoms with Crippen molar-refractivity contribution in [2.75, 3.05) is 0 Å². The Morgan fingerprint density at radius 1 is 0.759 bits per heavy atom. The Balaban J connectivity index is 2.55. The van der Waals surface area contributed by atoms with E-state index in [4.69, 9.17) is 0 Å². The van der Waals surface area contributed by atoms with Crippen LogP contribution >= 0.6 is 24.6 Å². The first-order valence-corrected chi connectivity index (χ1v) is 28.8. The number of carbonyl (C=O) groups is 2. The van der Waals surface area contributed by atoms with Crippen molar-refractivity contribution in [3.05, 3.63) is 71.8 Å². The summed E-state index contributed by atoms with van der Waals surface area (Å²) in [5, 5.41) is 0. The summed E-state index contributed by atoms with van der Waals surface area (Å²) < 4.78 is 3.85. The van der Waals surface area contributed by atoms with Crippen LogP contribution in [0, 0.1) is 0 Å². The van der Waals surface area contributed by atoms with Crippen molar-refractivity contribution in [2.45, 2.75) is 52.6 Å². The molecule has 0 fully saturated rings. The second-order valence-electron chi connectivity index (χ2n) is 7.11. The first kappa shape index (κ1) is 24.5. The fourth-order valence-electron chi connectivity index (χ4n) is 3.10. The first-order valence-electron chi connectivity index (χ1n) is 9.90. The van der Waals surface area contributed by atoms with Crippen LogP contribution in [0.25, 0.3) is 0 Å². The van der Waals surface area contributed by atoms with Crippen molar-refractivity contribution in [1.29, 1.82) is 0 Å². The number of halogens is 2. The molecular weight excluding hydrogens is 663 g/mol. The number of nitrogens with zero attached hydrogens (tertiary/aromatic N) is 2. The van der Waals surface area contributed by atoms with E-state index in [-0.39, 0.29) is 23.9 Å². The first-order chi connectivity index (χ1) is 13.8. The number of carbonyl (C=O) groups excluding carboxylic acids is 2. The minimum absolute atomic E-state index is 0.0155. The summed E-state index contributed by atoms with van der Waals surface area (Å²) in [5.41, 5.74) is 1.26. The molecule has 2 atom stereocenters. The molecule has 156 valence electrons. The van der Waals surface area contributed by atoms with Crippen molar-refractivity contribution >= 4 is 36.4 Å². The summed E-state index contributed by atoms with van der Waals surface area (Å²) >= 11 is 3.74. The molecule has 0 aliphatic rings. The van der Waals surface area contributed by atoms with Gasteiger partial charge in [0.05, 0.1) is 0 Å². The van der Waals surface area contributed by atoms with E-state index in [9.17, 15) is 9.59 Å². The summed E-state index contributed by atoms with van der Waals surface area (Å²) in [7, 11) is 0. The number of rotatable bonds is 8. The molecule has 0 radical (unpaired) electrons. The Morgan fingerprint density at radius 3 is 1.34 bits per heavy atom. The topological polar surface area (TPSA) is 40.6 Å². The zero-order chi connectivity index (χ0) is 21.6. The second kappa shape index (κ2) is 11.0. The quantitative estimate of drug-likeness (QED) is 0.298. The Kier molecular flexibility index (Phi) is 9.29. The number of amides is 2. The standard InChI is InChI=1S/2C11H15NO.2BrH.Hf/c2*1-3-9(2)12-11(13)10-7-5-4-6-8-10;;;/h2*4-9H,3H2,1-2H3,(H,12,13);2*1H;/q;;;;+4/p-4. The molecule has 7 heteroatoms. The van der Waals surface area contributed by atoms with Gasteiger partial charge in [-0.3, -0.25) is 0 Å². The third-order valence-corrected chi connectivity index (χ3v) is 26.4. The molecule has 2 amide bonds. The normalized spacial score (nSPS) is 13.4. The molecule has 2 unspecified atom stereocenters. The van der Waals surface area contributed by atoms with E-state index in [1.807, 2.05) is 80.3 Å². The van der Waals surface area contributed by atoms with Crippen LogP contribution in [0.5, 0.6) is 0 Å². The van der Waals surface area contributed by atoms with Crippen molar-refractivity contribution in [3.63, 3.8) is 0 Å². The Labute approximate surface area is 190 Å². The molecule has 2 rings (SSSR count). The van der Waals surface area contributed by atoms with Gasteiger partial charge in [0.2, 0.25) is 0 Å². The predicted molar refractivity (Wildman–Crippen MR) is 123 cm³/mol. The molecule has 0 saturated heterocycles. The van der Waals surface area contributed by atoms with E-state index in [1.54, 1.807) is 0 Å². The Morgan fingerprint density at radius 2 is 1.07 bits per heavy atom. The zero-order valence-corrected chi connectivity index (χ0v) is 24.1. The van der Waals surface area contributed by atoms with Crippen LogP contribution in [0.15, 0.2) is 60.7 Å². The van der Waals surface area contributed by atoms with Crippen LogP contribution in [-0.4, -0.2) is 29.7 Å². The van der Waals surface area contributed by atoms with Crippen LogP contribution in [-0.2, 0) is 15.9 Å². The molecule has 0 saturated carbocycles. The van der Waals surface area contributed by atoms with Crippen molar-refractivity contribution in [3.8, 4) is 0 Å². The molecule has 0 N–H and O–H groups in total. The van der Waals surface area contributed by atoms with Gasteiger partial charge in [-0.15, -0.1) is 0 Å². The minimum atomic E-state index is -4.14. The molecular formula is C22H28Br2HfN2O2. The van der Waals surface area contributed by atoms with Crippen molar-refractivity contribution in [1.82, 2.24) is 5.78 Å². The van der Waals surface area contributed by atoms with Crippen LogP contribution in [0.3, 0.4) is 0 Å². The van der Waals surface area contributed by atoms with Gasteiger partial charge in [0.1, 0.15) is 0 Å². The van der Waals surface area contributed by atoms with Crippen molar-refractivity contribution < 1.29 is 25.5 Å². The summed E-state index contributed by atoms with van der Waals surface area (Å²) in [6, 6.07) is 18.5. The van der Waals surface area contributed by atoms with E-state index < -0.39 is 15.9 Å². The van der Waals surface area contributed by atoms with Gasteiger partial charge in [-0.05, 0) is 0 Å². The predicted octanol–water partition coefficient (Wildman–Crippen LogP) is 6.47. The van der Waals surface area contributed by atoms with Crippen LogP contribution in [0.4, 0.5) is 0 Å². The van der Waals surface area contributed by atoms with E-state index in [2.05, 4.69) is 38.4 Å². The Bertz CT molecular complexity index is 751. The van der Waals surface area contributed by atoms with Gasteiger partial charge in [0.25, 0.3) is 0 Å². The van der Waals surface area contributed by atoms with Crippen LogP contribution in [0.1, 0.15) is 61.3 Å². The molecule has 0 aliphatic carbocycles. The number of benzene rings is 2. The summed E-state index contributed by atoms with van der Waals surface area (Å²) in [6.07, 6.45) is 1.59. The van der Waals surface area contributed by atoms with Gasteiger partial charge in [0.15, 0.2) is 0 Å². The van der Waals surface area contributed by atoms with Gasteiger partial charge >= 0.3 is 192 Å². The average molecular weight is 691 g/mol. The van der Waals surface area contributed by atoms with Gasteiger partial charge < -0.3 is 0 Å². The third kappa shape index (κ3) is 5.67. The maximum atomic E-state index is 13.5. The number of hydrogen-bond acceptors (Lipinski definition) is 2. The maximum absolute atomic E-state index is 13.5. The summed E-state index contributed by atoms with van der Waals surface area (Å²) in [5.74, 6) is -0.103. The summed E-state index contributed by atoms with van der Waals surface area (Å²) in [4.78, 5) is 27.1. The van der Waals surface area contributed by atoms with Gasteiger partial charge in [-0.2, -0.15) is 0 Å². The average Bonchev–Trinajstić information content (AvgIpc) is 2.74. The molecule has 29 heavy (non-hydrogen) atoms. The second-order valence-corrected chi connectivity index (χ2v) is 41.0. The molecule has 0 aromatic heterocycles. The van der Waals surface area contributed by atoms with Gasteiger partial charge in [0, 0.05) is 0 Å².